The fraction of sp³-hybridized carbons (Fsp3) is 0.385. The van der Waals surface area contributed by atoms with Crippen molar-refractivity contribution in [2.24, 2.45) is 17.5 Å². The van der Waals surface area contributed by atoms with Crippen LogP contribution in [-0.4, -0.2) is 22.9 Å². The molecule has 33 heavy (non-hydrogen) atoms. The molecule has 0 spiro atoms. The highest BCUT2D eigenvalue weighted by molar-refractivity contribution is 6.36. The van der Waals surface area contributed by atoms with E-state index in [2.05, 4.69) is 4.98 Å². The zero-order valence-corrected chi connectivity index (χ0v) is 20.2. The number of Topliss-reactive ketones (excluding diaryl/α,β-unsaturated/α-hetero) is 1. The number of halogens is 2. The van der Waals surface area contributed by atoms with Gasteiger partial charge < -0.3 is 10.7 Å². The molecule has 2 aromatic carbocycles. The van der Waals surface area contributed by atoms with Crippen LogP contribution < -0.4 is 16.6 Å². The number of anilines is 1. The number of aromatic nitrogens is 1. The van der Waals surface area contributed by atoms with Crippen LogP contribution in [0.15, 0.2) is 36.5 Å². The molecule has 1 heterocycles. The zero-order chi connectivity index (χ0) is 23.3. The third kappa shape index (κ3) is 4.35. The van der Waals surface area contributed by atoms with Gasteiger partial charge in [-0.25, -0.2) is 5.84 Å². The molecule has 2 aliphatic rings. The van der Waals surface area contributed by atoms with Crippen LogP contribution in [0, 0.1) is 12.8 Å². The summed E-state index contributed by atoms with van der Waals surface area (Å²) in [7, 11) is 0. The Bertz CT molecular complexity index is 1210. The first kappa shape index (κ1) is 22.6. The number of fused-ring (bicyclic) bond motifs is 1. The fourth-order valence-electron chi connectivity index (χ4n) is 4.76. The number of carbonyl (C=O) groups excluding carboxylic acids is 1. The lowest BCUT2D eigenvalue weighted by Gasteiger charge is -2.35. The molecule has 172 valence electrons. The van der Waals surface area contributed by atoms with E-state index in [1.807, 2.05) is 42.3 Å². The van der Waals surface area contributed by atoms with Gasteiger partial charge in [0.2, 0.25) is 0 Å². The molecule has 5 rings (SSSR count). The average Bonchev–Trinajstić information content (AvgIpc) is 3.66. The third-order valence-electron chi connectivity index (χ3n) is 7.06. The second-order valence-corrected chi connectivity index (χ2v) is 10.2. The summed E-state index contributed by atoms with van der Waals surface area (Å²) in [6, 6.07) is 10.2. The Morgan fingerprint density at radius 2 is 1.67 bits per heavy atom. The topological polar surface area (TPSA) is 85.2 Å². The smallest absolute Gasteiger partial charge is 0.169 e. The minimum Gasteiger partial charge on any atom is -0.328 e. The molecule has 0 amide bonds. The minimum absolute atomic E-state index is 0.0778. The van der Waals surface area contributed by atoms with Gasteiger partial charge in [-0.05, 0) is 86.4 Å². The first-order valence-corrected chi connectivity index (χ1v) is 12.3. The largest absolute Gasteiger partial charge is 0.328 e. The van der Waals surface area contributed by atoms with Gasteiger partial charge in [-0.1, -0.05) is 29.3 Å². The Kier molecular flexibility index (Phi) is 6.08. The molecule has 2 saturated carbocycles. The van der Waals surface area contributed by atoms with E-state index in [4.69, 9.17) is 34.8 Å². The highest BCUT2D eigenvalue weighted by Gasteiger charge is 2.34. The zero-order valence-electron chi connectivity index (χ0n) is 18.7. The first-order chi connectivity index (χ1) is 15.8. The lowest BCUT2D eigenvalue weighted by Crippen LogP contribution is -2.46. The number of ketones is 1. The summed E-state index contributed by atoms with van der Waals surface area (Å²) in [4.78, 5) is 17.8. The average molecular weight is 483 g/mol. The summed E-state index contributed by atoms with van der Waals surface area (Å²) in [6.07, 6.45) is 7.23. The van der Waals surface area contributed by atoms with Crippen LogP contribution in [0.2, 0.25) is 10.0 Å². The maximum Gasteiger partial charge on any atom is 0.169 e. The molecule has 1 aromatic heterocycles. The first-order valence-electron chi connectivity index (χ1n) is 11.6. The molecule has 3 aromatic rings. The number of hydrogen-bond donors (Lipinski definition) is 2. The normalized spacial score (nSPS) is 20.8. The van der Waals surface area contributed by atoms with E-state index in [1.165, 1.54) is 0 Å². The van der Waals surface area contributed by atoms with Gasteiger partial charge >= 0.3 is 0 Å². The summed E-state index contributed by atoms with van der Waals surface area (Å²) in [5.41, 5.74) is 11.0. The van der Waals surface area contributed by atoms with E-state index < -0.39 is 0 Å². The van der Waals surface area contributed by atoms with E-state index in [-0.39, 0.29) is 23.8 Å². The quantitative estimate of drug-likeness (QED) is 0.262. The molecule has 0 bridgehead atoms. The van der Waals surface area contributed by atoms with Gasteiger partial charge in [-0.15, -0.1) is 0 Å². The van der Waals surface area contributed by atoms with E-state index in [9.17, 15) is 4.79 Å². The SMILES string of the molecule is Cc1c(Cl)cc(-c2ccc3ncc(C(=O)C4CC4)c(N(N)C4CCC(N)CC4)c3c2)cc1Cl. The molecular weight excluding hydrogens is 455 g/mol. The number of benzene rings is 2. The molecule has 0 atom stereocenters. The molecule has 5 nitrogen and oxygen atoms in total. The molecule has 0 radical (unpaired) electrons. The number of hydrogen-bond acceptors (Lipinski definition) is 5. The third-order valence-corrected chi connectivity index (χ3v) is 7.85. The van der Waals surface area contributed by atoms with Crippen molar-refractivity contribution in [3.05, 3.63) is 57.7 Å². The van der Waals surface area contributed by atoms with Crippen molar-refractivity contribution in [3.63, 3.8) is 0 Å². The molecule has 7 heteroatoms. The van der Waals surface area contributed by atoms with Crippen molar-refractivity contribution in [2.45, 2.75) is 57.5 Å². The minimum atomic E-state index is 0.0778. The molecule has 2 aliphatic carbocycles. The molecule has 0 saturated heterocycles. The molecular formula is C26H28Cl2N4O. The molecule has 0 unspecified atom stereocenters. The van der Waals surface area contributed by atoms with Gasteiger partial charge in [0.25, 0.3) is 0 Å². The van der Waals surface area contributed by atoms with E-state index in [1.54, 1.807) is 6.20 Å². The number of carbonyl (C=O) groups is 1. The Balaban J connectivity index is 1.66. The number of nitrogens with two attached hydrogens (primary N) is 2. The lowest BCUT2D eigenvalue weighted by atomic mass is 9.90. The molecule has 0 aliphatic heterocycles. The highest BCUT2D eigenvalue weighted by Crippen LogP contribution is 2.40. The maximum absolute atomic E-state index is 13.2. The van der Waals surface area contributed by atoms with Gasteiger partial charge in [-0.3, -0.25) is 9.78 Å². The van der Waals surface area contributed by atoms with Crippen molar-refractivity contribution in [2.75, 3.05) is 5.01 Å². The standard InChI is InChI=1S/C26H28Cl2N4O/c1-14-22(27)11-17(12-23(14)28)16-4-9-24-20(10-16)25(21(13-31-24)26(33)15-2-3-15)32(30)19-7-5-18(29)6-8-19/h4,9-13,15,18-19H,2-3,5-8,29-30H2,1H3. The highest BCUT2D eigenvalue weighted by atomic mass is 35.5. The predicted molar refractivity (Wildman–Crippen MR) is 136 cm³/mol. The summed E-state index contributed by atoms with van der Waals surface area (Å²) in [6.45, 7) is 1.90. The van der Waals surface area contributed by atoms with Gasteiger partial charge in [-0.2, -0.15) is 0 Å². The van der Waals surface area contributed by atoms with Crippen molar-refractivity contribution < 1.29 is 4.79 Å². The van der Waals surface area contributed by atoms with Crippen LogP contribution in [0.4, 0.5) is 5.69 Å². The fourth-order valence-corrected chi connectivity index (χ4v) is 5.24. The van der Waals surface area contributed by atoms with Crippen LogP contribution >= 0.6 is 23.2 Å². The summed E-state index contributed by atoms with van der Waals surface area (Å²) in [5, 5.41) is 3.91. The van der Waals surface area contributed by atoms with E-state index in [0.29, 0.717) is 15.6 Å². The van der Waals surface area contributed by atoms with Gasteiger partial charge in [0.05, 0.1) is 16.8 Å². The number of rotatable bonds is 5. The summed E-state index contributed by atoms with van der Waals surface area (Å²) < 4.78 is 0. The van der Waals surface area contributed by atoms with Gasteiger partial charge in [0.15, 0.2) is 5.78 Å². The Hall–Kier alpha value is -2.18. The maximum atomic E-state index is 13.2. The van der Waals surface area contributed by atoms with Crippen LogP contribution in [0.5, 0.6) is 0 Å². The molecule has 4 N–H and O–H groups in total. The van der Waals surface area contributed by atoms with E-state index >= 15 is 0 Å². The van der Waals surface area contributed by atoms with Crippen molar-refractivity contribution in [1.29, 1.82) is 0 Å². The second kappa shape index (κ2) is 8.88. The number of pyridine rings is 1. The summed E-state index contributed by atoms with van der Waals surface area (Å²) >= 11 is 12.8. The monoisotopic (exact) mass is 482 g/mol. The predicted octanol–water partition coefficient (Wildman–Crippen LogP) is 6.06. The number of nitrogens with zero attached hydrogens (tertiary/aromatic N) is 2. The Labute approximate surface area is 204 Å². The Morgan fingerprint density at radius 3 is 2.30 bits per heavy atom. The number of hydrazine groups is 1. The Morgan fingerprint density at radius 1 is 1.00 bits per heavy atom. The van der Waals surface area contributed by atoms with Crippen molar-refractivity contribution in [3.8, 4) is 11.1 Å². The van der Waals surface area contributed by atoms with Gasteiger partial charge in [0, 0.05) is 39.6 Å². The second-order valence-electron chi connectivity index (χ2n) is 9.43. The molecule has 2 fully saturated rings. The lowest BCUT2D eigenvalue weighted by molar-refractivity contribution is 0.0967. The van der Waals surface area contributed by atoms with Crippen LogP contribution in [0.1, 0.15) is 54.4 Å². The van der Waals surface area contributed by atoms with Crippen LogP contribution in [0.3, 0.4) is 0 Å². The van der Waals surface area contributed by atoms with Crippen molar-refractivity contribution in [1.82, 2.24) is 4.98 Å². The van der Waals surface area contributed by atoms with Crippen LogP contribution in [-0.2, 0) is 0 Å². The summed E-state index contributed by atoms with van der Waals surface area (Å²) in [5.74, 6) is 6.98. The van der Waals surface area contributed by atoms with E-state index in [0.717, 1.165) is 71.8 Å². The van der Waals surface area contributed by atoms with Crippen LogP contribution in [0.25, 0.3) is 22.0 Å². The van der Waals surface area contributed by atoms with Gasteiger partial charge in [0.1, 0.15) is 0 Å². The van der Waals surface area contributed by atoms with Crippen molar-refractivity contribution >= 4 is 45.6 Å².